The van der Waals surface area contributed by atoms with Gasteiger partial charge in [0, 0.05) is 42.8 Å². The van der Waals surface area contributed by atoms with E-state index in [1.165, 1.54) is 34.6 Å². The molecule has 6 rings (SSSR count). The van der Waals surface area contributed by atoms with E-state index in [9.17, 15) is 18.0 Å². The molecule has 4 aromatic rings. The number of thiophene rings is 1. The third kappa shape index (κ3) is 4.59. The molecular formula is C27H31F3N6OS. The van der Waals surface area contributed by atoms with Crippen LogP contribution in [0.4, 0.5) is 13.2 Å². The van der Waals surface area contributed by atoms with Gasteiger partial charge in [0.1, 0.15) is 12.2 Å². The van der Waals surface area contributed by atoms with E-state index in [0.29, 0.717) is 29.6 Å². The molecule has 2 aliphatic rings. The van der Waals surface area contributed by atoms with Gasteiger partial charge in [-0.05, 0) is 61.8 Å². The molecule has 4 aromatic heterocycles. The highest BCUT2D eigenvalue weighted by Gasteiger charge is 2.36. The maximum absolute atomic E-state index is 14.2. The number of fused-ring (bicyclic) bond motifs is 1. The zero-order valence-electron chi connectivity index (χ0n) is 21.5. The first-order valence-electron chi connectivity index (χ1n) is 13.2. The van der Waals surface area contributed by atoms with Crippen molar-refractivity contribution >= 4 is 16.9 Å². The lowest BCUT2D eigenvalue weighted by Crippen LogP contribution is -2.34. The number of aryl methyl sites for hydroxylation is 1. The average Bonchev–Trinajstić information content (AvgIpc) is 3.55. The molecule has 0 bridgehead atoms. The molecule has 0 N–H and O–H groups in total. The van der Waals surface area contributed by atoms with Crippen molar-refractivity contribution < 1.29 is 13.2 Å². The van der Waals surface area contributed by atoms with Crippen LogP contribution in [0, 0.1) is 11.8 Å². The predicted octanol–water partition coefficient (Wildman–Crippen LogP) is 5.46. The Morgan fingerprint density at radius 3 is 2.63 bits per heavy atom. The highest BCUT2D eigenvalue weighted by atomic mass is 32.1. The minimum absolute atomic E-state index is 0.0482. The number of alkyl halides is 3. The van der Waals surface area contributed by atoms with Gasteiger partial charge in [0.15, 0.2) is 0 Å². The summed E-state index contributed by atoms with van der Waals surface area (Å²) in [6, 6.07) is 3.13. The van der Waals surface area contributed by atoms with E-state index in [4.69, 9.17) is 0 Å². The zero-order chi connectivity index (χ0) is 26.6. The summed E-state index contributed by atoms with van der Waals surface area (Å²) >= 11 is 1.51. The molecule has 0 aromatic carbocycles. The molecule has 38 heavy (non-hydrogen) atoms. The maximum Gasteiger partial charge on any atom is 0.418 e. The summed E-state index contributed by atoms with van der Waals surface area (Å²) < 4.78 is 46.9. The first-order valence-corrected chi connectivity index (χ1v) is 14.1. The van der Waals surface area contributed by atoms with Crippen LogP contribution in [0.1, 0.15) is 66.8 Å². The number of nitrogens with zero attached hydrogens (tertiary/aromatic N) is 6. The Bertz CT molecular complexity index is 1510. The minimum atomic E-state index is -4.57. The Morgan fingerprint density at radius 1 is 1.16 bits per heavy atom. The van der Waals surface area contributed by atoms with Gasteiger partial charge in [-0.2, -0.15) is 13.2 Å². The summed E-state index contributed by atoms with van der Waals surface area (Å²) in [4.78, 5) is 16.7. The van der Waals surface area contributed by atoms with Crippen LogP contribution in [-0.4, -0.2) is 41.7 Å². The van der Waals surface area contributed by atoms with Gasteiger partial charge in [-0.1, -0.05) is 13.3 Å². The molecule has 0 radical (unpaired) electrons. The molecule has 0 unspecified atom stereocenters. The van der Waals surface area contributed by atoms with Gasteiger partial charge in [0.25, 0.3) is 0 Å². The molecule has 202 valence electrons. The molecule has 5 heterocycles. The Kier molecular flexibility index (Phi) is 6.46. The average molecular weight is 545 g/mol. The quantitative estimate of drug-likeness (QED) is 0.323. The van der Waals surface area contributed by atoms with E-state index in [1.807, 2.05) is 23.1 Å². The molecule has 1 saturated heterocycles. The summed E-state index contributed by atoms with van der Waals surface area (Å²) in [6.07, 6.45) is 5.52. The van der Waals surface area contributed by atoms with Gasteiger partial charge in [0.2, 0.25) is 0 Å². The third-order valence-corrected chi connectivity index (χ3v) is 9.12. The van der Waals surface area contributed by atoms with Crippen LogP contribution in [0.2, 0.25) is 0 Å². The number of hydrogen-bond acceptors (Lipinski definition) is 5. The second kappa shape index (κ2) is 9.68. The largest absolute Gasteiger partial charge is 0.418 e. The number of halogens is 3. The van der Waals surface area contributed by atoms with Gasteiger partial charge < -0.3 is 4.57 Å². The Hall–Kier alpha value is -2.92. The number of aromatic nitrogens is 5. The summed E-state index contributed by atoms with van der Waals surface area (Å²) in [7, 11) is 1.92. The first kappa shape index (κ1) is 25.4. The number of pyridine rings is 1. The first-order chi connectivity index (χ1) is 18.2. The second-order valence-electron chi connectivity index (χ2n) is 11.0. The molecular weight excluding hydrogens is 513 g/mol. The highest BCUT2D eigenvalue weighted by molar-refractivity contribution is 7.10. The van der Waals surface area contributed by atoms with Crippen LogP contribution in [0.5, 0.6) is 0 Å². The van der Waals surface area contributed by atoms with Gasteiger partial charge in [-0.25, -0.2) is 4.79 Å². The molecule has 1 aliphatic heterocycles. The van der Waals surface area contributed by atoms with E-state index in [1.54, 1.807) is 12.5 Å². The molecule has 2 atom stereocenters. The van der Waals surface area contributed by atoms with Crippen molar-refractivity contribution in [3.05, 3.63) is 68.5 Å². The van der Waals surface area contributed by atoms with E-state index in [2.05, 4.69) is 22.0 Å². The third-order valence-electron chi connectivity index (χ3n) is 8.11. The molecule has 11 heteroatoms. The summed E-state index contributed by atoms with van der Waals surface area (Å²) in [5.41, 5.74) is -0.336. The zero-order valence-corrected chi connectivity index (χ0v) is 22.3. The highest BCUT2D eigenvalue weighted by Crippen LogP contribution is 2.44. The number of hydrogen-bond donors (Lipinski definition) is 0. The summed E-state index contributed by atoms with van der Waals surface area (Å²) in [5.74, 6) is 1.86. The SMILES string of the molecule is C[C@H]1CCCN(Cc2cc(C(F)(F)F)c3cn(-c4csc([C@@H](c5nncn5C)C5CCC5)c4)c(=O)n3c2)C1. The second-order valence-corrected chi connectivity index (χ2v) is 11.9. The summed E-state index contributed by atoms with van der Waals surface area (Å²) in [5, 5.41) is 10.2. The fourth-order valence-electron chi connectivity index (χ4n) is 5.98. The van der Waals surface area contributed by atoms with Crippen molar-refractivity contribution in [3.8, 4) is 5.69 Å². The van der Waals surface area contributed by atoms with E-state index >= 15 is 0 Å². The van der Waals surface area contributed by atoms with Crippen LogP contribution in [0.25, 0.3) is 11.2 Å². The van der Waals surface area contributed by atoms with Crippen molar-refractivity contribution in [3.63, 3.8) is 0 Å². The van der Waals surface area contributed by atoms with E-state index in [-0.39, 0.29) is 11.4 Å². The lowest BCUT2D eigenvalue weighted by molar-refractivity contribution is -0.136. The minimum Gasteiger partial charge on any atom is -0.320 e. The molecule has 2 fully saturated rings. The lowest BCUT2D eigenvalue weighted by Gasteiger charge is -2.32. The number of rotatable bonds is 6. The van der Waals surface area contributed by atoms with Crippen molar-refractivity contribution in [2.45, 2.75) is 57.7 Å². The Labute approximate surface area is 222 Å². The number of likely N-dealkylation sites (tertiary alicyclic amines) is 1. The van der Waals surface area contributed by atoms with E-state index < -0.39 is 17.4 Å². The standard InChI is InChI=1S/C27H31F3N6OS/c1-17-5-4-8-34(11-17)12-18-9-21(27(28,29)30)22-14-35(26(37)36(22)13-18)20-10-23(38-15-20)24(19-6-3-7-19)25-32-31-16-33(25)2/h9-10,13-17,19,24H,3-8,11-12H2,1-2H3/t17-,24-/m0/s1. The van der Waals surface area contributed by atoms with Crippen LogP contribution >= 0.6 is 11.3 Å². The van der Waals surface area contributed by atoms with Crippen LogP contribution in [0.15, 0.2) is 41.0 Å². The van der Waals surface area contributed by atoms with Gasteiger partial charge in [-0.3, -0.25) is 13.9 Å². The number of imidazole rings is 1. The Balaban J connectivity index is 1.40. The molecule has 1 saturated carbocycles. The normalized spacial score (nSPS) is 20.2. The fourth-order valence-corrected chi connectivity index (χ4v) is 7.05. The van der Waals surface area contributed by atoms with Crippen molar-refractivity contribution in [1.82, 2.24) is 28.6 Å². The lowest BCUT2D eigenvalue weighted by atomic mass is 9.75. The molecule has 1 aliphatic carbocycles. The van der Waals surface area contributed by atoms with Crippen molar-refractivity contribution in [1.29, 1.82) is 0 Å². The maximum atomic E-state index is 14.2. The molecule has 0 spiro atoms. The van der Waals surface area contributed by atoms with E-state index in [0.717, 1.165) is 53.9 Å². The molecule has 7 nitrogen and oxygen atoms in total. The Morgan fingerprint density at radius 2 is 1.97 bits per heavy atom. The molecule has 0 amide bonds. The van der Waals surface area contributed by atoms with Crippen molar-refractivity contribution in [2.24, 2.45) is 18.9 Å². The predicted molar refractivity (Wildman–Crippen MR) is 140 cm³/mol. The monoisotopic (exact) mass is 544 g/mol. The van der Waals surface area contributed by atoms with Gasteiger partial charge in [0.05, 0.1) is 22.7 Å². The van der Waals surface area contributed by atoms with Crippen LogP contribution in [-0.2, 0) is 19.8 Å². The van der Waals surface area contributed by atoms with Gasteiger partial charge in [-0.15, -0.1) is 21.5 Å². The fraction of sp³-hybridized carbons (Fsp3) is 0.519. The topological polar surface area (TPSA) is 60.4 Å². The number of piperidine rings is 1. The smallest absolute Gasteiger partial charge is 0.320 e. The van der Waals surface area contributed by atoms with Crippen LogP contribution in [0.3, 0.4) is 0 Å². The van der Waals surface area contributed by atoms with Crippen molar-refractivity contribution in [2.75, 3.05) is 13.1 Å². The van der Waals surface area contributed by atoms with Gasteiger partial charge >= 0.3 is 11.9 Å². The summed E-state index contributed by atoms with van der Waals surface area (Å²) in [6.45, 7) is 4.26. The van der Waals surface area contributed by atoms with Crippen LogP contribution < -0.4 is 5.69 Å².